The largest absolute Gasteiger partial charge is 0.487 e. The first-order valence-corrected chi connectivity index (χ1v) is 8.98. The summed E-state index contributed by atoms with van der Waals surface area (Å²) in [7, 11) is 0. The van der Waals surface area contributed by atoms with Crippen molar-refractivity contribution in [3.05, 3.63) is 83.6 Å². The Morgan fingerprint density at radius 3 is 2.66 bits per heavy atom. The highest BCUT2D eigenvalue weighted by atomic mass is 16.5. The molecule has 0 fully saturated rings. The lowest BCUT2D eigenvalue weighted by Crippen LogP contribution is -2.01. The van der Waals surface area contributed by atoms with Crippen LogP contribution in [0.1, 0.15) is 27.4 Å². The third kappa shape index (κ3) is 4.35. The van der Waals surface area contributed by atoms with Gasteiger partial charge < -0.3 is 18.3 Å². The van der Waals surface area contributed by atoms with Gasteiger partial charge in [-0.25, -0.2) is 9.97 Å². The molecule has 0 aliphatic carbocycles. The monoisotopic (exact) mass is 390 g/mol. The van der Waals surface area contributed by atoms with E-state index in [2.05, 4.69) is 9.97 Å². The van der Waals surface area contributed by atoms with E-state index in [1.807, 2.05) is 31.2 Å². The standard InChI is InChI=1S/C22H18N2O5/c1-15-19(24-22(29-15)20-5-3-11-26-20)14-27-18-8-6-16(7-9-18)13-28-21-17(12-25)4-2-10-23-21/h2-12H,13-14H2,1H3. The van der Waals surface area contributed by atoms with Crippen molar-refractivity contribution in [2.45, 2.75) is 20.1 Å². The fourth-order valence-electron chi connectivity index (χ4n) is 2.67. The zero-order valence-corrected chi connectivity index (χ0v) is 15.7. The van der Waals surface area contributed by atoms with Crippen LogP contribution in [0.5, 0.6) is 11.6 Å². The van der Waals surface area contributed by atoms with E-state index in [1.54, 1.807) is 36.7 Å². The van der Waals surface area contributed by atoms with E-state index >= 15 is 0 Å². The second kappa shape index (κ2) is 8.43. The van der Waals surface area contributed by atoms with Crippen LogP contribution in [0, 0.1) is 6.92 Å². The Labute approximate surface area is 166 Å². The molecule has 29 heavy (non-hydrogen) atoms. The smallest absolute Gasteiger partial charge is 0.263 e. The molecular formula is C22H18N2O5. The fourth-order valence-corrected chi connectivity index (χ4v) is 2.67. The number of carbonyl (C=O) groups excluding carboxylic acids is 1. The minimum Gasteiger partial charge on any atom is -0.487 e. The number of furan rings is 1. The number of hydrogen-bond acceptors (Lipinski definition) is 7. The van der Waals surface area contributed by atoms with Crippen molar-refractivity contribution in [1.29, 1.82) is 0 Å². The summed E-state index contributed by atoms with van der Waals surface area (Å²) in [5.74, 6) is 2.71. The second-order valence-corrected chi connectivity index (χ2v) is 6.24. The van der Waals surface area contributed by atoms with E-state index in [4.69, 9.17) is 18.3 Å². The lowest BCUT2D eigenvalue weighted by molar-refractivity contribution is 0.111. The number of pyridine rings is 1. The van der Waals surface area contributed by atoms with Crippen LogP contribution in [0.3, 0.4) is 0 Å². The zero-order chi connectivity index (χ0) is 20.1. The topological polar surface area (TPSA) is 87.6 Å². The third-order valence-corrected chi connectivity index (χ3v) is 4.23. The van der Waals surface area contributed by atoms with Gasteiger partial charge in [-0.05, 0) is 48.9 Å². The maximum Gasteiger partial charge on any atom is 0.263 e. The van der Waals surface area contributed by atoms with Gasteiger partial charge in [0.25, 0.3) is 5.89 Å². The molecule has 4 rings (SSSR count). The molecule has 7 heteroatoms. The van der Waals surface area contributed by atoms with Crippen molar-refractivity contribution in [1.82, 2.24) is 9.97 Å². The first kappa shape index (κ1) is 18.5. The van der Waals surface area contributed by atoms with Gasteiger partial charge in [0.15, 0.2) is 12.0 Å². The lowest BCUT2D eigenvalue weighted by Gasteiger charge is -2.08. The number of hydrogen-bond donors (Lipinski definition) is 0. The van der Waals surface area contributed by atoms with Crippen LogP contribution in [0.2, 0.25) is 0 Å². The molecule has 0 aliphatic heterocycles. The minimum absolute atomic E-state index is 0.280. The highest BCUT2D eigenvalue weighted by Gasteiger charge is 2.14. The van der Waals surface area contributed by atoms with Crippen LogP contribution in [0.4, 0.5) is 0 Å². The van der Waals surface area contributed by atoms with Crippen LogP contribution < -0.4 is 9.47 Å². The van der Waals surface area contributed by atoms with Crippen molar-refractivity contribution in [3.63, 3.8) is 0 Å². The average Bonchev–Trinajstić information content (AvgIpc) is 3.41. The predicted molar refractivity (Wildman–Crippen MR) is 104 cm³/mol. The quantitative estimate of drug-likeness (QED) is 0.406. The molecule has 7 nitrogen and oxygen atoms in total. The summed E-state index contributed by atoms with van der Waals surface area (Å²) in [4.78, 5) is 19.5. The van der Waals surface area contributed by atoms with Crippen LogP contribution in [0.25, 0.3) is 11.7 Å². The Morgan fingerprint density at radius 1 is 1.03 bits per heavy atom. The molecule has 0 aliphatic rings. The maximum absolute atomic E-state index is 11.0. The molecule has 0 radical (unpaired) electrons. The Kier molecular flexibility index (Phi) is 5.38. The summed E-state index contributed by atoms with van der Waals surface area (Å²) in [6.45, 7) is 2.42. The zero-order valence-electron chi connectivity index (χ0n) is 15.7. The molecule has 0 spiro atoms. The SMILES string of the molecule is Cc1oc(-c2ccco2)nc1COc1ccc(COc2ncccc2C=O)cc1. The Bertz CT molecular complexity index is 1080. The number of oxazole rings is 1. The van der Waals surface area contributed by atoms with Gasteiger partial charge in [0.1, 0.15) is 30.4 Å². The Balaban J connectivity index is 1.35. The summed E-state index contributed by atoms with van der Waals surface area (Å²) in [6, 6.07) is 14.4. The van der Waals surface area contributed by atoms with E-state index in [9.17, 15) is 4.79 Å². The molecule has 4 aromatic rings. The highest BCUT2D eigenvalue weighted by Crippen LogP contribution is 2.23. The van der Waals surface area contributed by atoms with Gasteiger partial charge in [0, 0.05) is 6.20 Å². The molecule has 0 N–H and O–H groups in total. The molecule has 146 valence electrons. The highest BCUT2D eigenvalue weighted by molar-refractivity contribution is 5.77. The van der Waals surface area contributed by atoms with Gasteiger partial charge in [0.2, 0.25) is 5.88 Å². The van der Waals surface area contributed by atoms with E-state index in [-0.39, 0.29) is 6.61 Å². The van der Waals surface area contributed by atoms with Crippen LogP contribution in [0.15, 0.2) is 69.8 Å². The minimum atomic E-state index is 0.280. The Morgan fingerprint density at radius 2 is 1.90 bits per heavy atom. The van der Waals surface area contributed by atoms with E-state index in [0.717, 1.165) is 11.8 Å². The van der Waals surface area contributed by atoms with Crippen molar-refractivity contribution >= 4 is 6.29 Å². The first-order valence-electron chi connectivity index (χ1n) is 8.98. The van der Waals surface area contributed by atoms with Crippen molar-refractivity contribution < 1.29 is 23.1 Å². The molecule has 0 atom stereocenters. The Hall–Kier alpha value is -3.87. The number of aromatic nitrogens is 2. The molecular weight excluding hydrogens is 372 g/mol. The third-order valence-electron chi connectivity index (χ3n) is 4.23. The van der Waals surface area contributed by atoms with Gasteiger partial charge >= 0.3 is 0 Å². The number of aryl methyl sites for hydroxylation is 1. The molecule has 0 amide bonds. The first-order chi connectivity index (χ1) is 14.2. The normalized spacial score (nSPS) is 10.7. The van der Waals surface area contributed by atoms with Gasteiger partial charge in [0.05, 0.1) is 11.8 Å². The van der Waals surface area contributed by atoms with Gasteiger partial charge in [-0.3, -0.25) is 4.79 Å². The van der Waals surface area contributed by atoms with E-state index in [1.165, 1.54) is 0 Å². The summed E-state index contributed by atoms with van der Waals surface area (Å²) in [6.07, 6.45) is 3.88. The number of ether oxygens (including phenoxy) is 2. The molecule has 0 bridgehead atoms. The van der Waals surface area contributed by atoms with Gasteiger partial charge in [-0.15, -0.1) is 0 Å². The van der Waals surface area contributed by atoms with Crippen molar-refractivity contribution in [2.75, 3.05) is 0 Å². The molecule has 0 saturated heterocycles. The molecule has 0 unspecified atom stereocenters. The summed E-state index contributed by atoms with van der Waals surface area (Å²) >= 11 is 0. The van der Waals surface area contributed by atoms with Crippen LogP contribution >= 0.6 is 0 Å². The second-order valence-electron chi connectivity index (χ2n) is 6.24. The molecule has 0 saturated carbocycles. The van der Waals surface area contributed by atoms with E-state index in [0.29, 0.717) is 46.9 Å². The number of rotatable bonds is 8. The summed E-state index contributed by atoms with van der Waals surface area (Å²) < 4.78 is 22.4. The van der Waals surface area contributed by atoms with Crippen LogP contribution in [-0.2, 0) is 13.2 Å². The van der Waals surface area contributed by atoms with Gasteiger partial charge in [-0.1, -0.05) is 12.1 Å². The van der Waals surface area contributed by atoms with Gasteiger partial charge in [-0.2, -0.15) is 0 Å². The fraction of sp³-hybridized carbons (Fsp3) is 0.136. The van der Waals surface area contributed by atoms with Crippen LogP contribution in [-0.4, -0.2) is 16.3 Å². The van der Waals surface area contributed by atoms with Crippen molar-refractivity contribution in [3.8, 4) is 23.3 Å². The number of nitrogens with zero attached hydrogens (tertiary/aromatic N) is 2. The molecule has 3 heterocycles. The number of aldehydes is 1. The number of benzene rings is 1. The maximum atomic E-state index is 11.0. The lowest BCUT2D eigenvalue weighted by atomic mass is 10.2. The summed E-state index contributed by atoms with van der Waals surface area (Å²) in [5.41, 5.74) is 2.06. The molecule has 1 aromatic carbocycles. The van der Waals surface area contributed by atoms with E-state index < -0.39 is 0 Å². The molecule has 3 aromatic heterocycles. The van der Waals surface area contributed by atoms with Crippen molar-refractivity contribution in [2.24, 2.45) is 0 Å². The average molecular weight is 390 g/mol. The summed E-state index contributed by atoms with van der Waals surface area (Å²) in [5, 5.41) is 0. The predicted octanol–water partition coefficient (Wildman–Crippen LogP) is 4.61. The number of carbonyl (C=O) groups is 1.